The molecule has 0 spiro atoms. The van der Waals surface area contributed by atoms with E-state index in [-0.39, 0.29) is 0 Å². The minimum Gasteiger partial charge on any atom is -0.0651 e. The van der Waals surface area contributed by atoms with Crippen LogP contribution in [0.25, 0.3) is 0 Å². The van der Waals surface area contributed by atoms with E-state index < -0.39 is 0 Å². The van der Waals surface area contributed by atoms with E-state index in [1.54, 1.807) is 6.42 Å². The fourth-order valence-corrected chi connectivity index (χ4v) is 4.38. The summed E-state index contributed by atoms with van der Waals surface area (Å²) in [7, 11) is 0. The van der Waals surface area contributed by atoms with E-state index in [1.165, 1.54) is 25.7 Å². The van der Waals surface area contributed by atoms with Crippen LogP contribution in [0.4, 0.5) is 0 Å². The zero-order valence-electron chi connectivity index (χ0n) is 9.42. The van der Waals surface area contributed by atoms with E-state index in [1.807, 2.05) is 0 Å². The van der Waals surface area contributed by atoms with E-state index in [0.717, 1.165) is 29.6 Å². The molecule has 0 amide bonds. The molecule has 2 aliphatic carbocycles. The van der Waals surface area contributed by atoms with Crippen molar-refractivity contribution in [2.75, 3.05) is 0 Å². The van der Waals surface area contributed by atoms with Gasteiger partial charge in [0.1, 0.15) is 0 Å². The molecule has 2 aliphatic rings. The SMILES string of the molecule is CCC1C2CC(C)CC(C2)C1CC. The maximum atomic E-state index is 2.46. The summed E-state index contributed by atoms with van der Waals surface area (Å²) in [6.07, 6.45) is 7.51. The lowest BCUT2D eigenvalue weighted by molar-refractivity contribution is 0.254. The van der Waals surface area contributed by atoms with Gasteiger partial charge < -0.3 is 0 Å². The smallest absolute Gasteiger partial charge is 0.0357 e. The Balaban J connectivity index is 2.12. The van der Waals surface area contributed by atoms with Crippen LogP contribution in [0.2, 0.25) is 0 Å². The normalized spacial score (nSPS) is 49.6. The molecular weight excluding hydrogens is 156 g/mol. The summed E-state index contributed by atoms with van der Waals surface area (Å²) in [5.74, 6) is 5.39. The summed E-state index contributed by atoms with van der Waals surface area (Å²) < 4.78 is 0. The van der Waals surface area contributed by atoms with Crippen LogP contribution in [-0.2, 0) is 0 Å². The second kappa shape index (κ2) is 3.63. The first-order chi connectivity index (χ1) is 6.26. The molecule has 0 saturated heterocycles. The Morgan fingerprint density at radius 2 is 1.31 bits per heavy atom. The predicted octanol–water partition coefficient (Wildman–Crippen LogP) is 4.10. The van der Waals surface area contributed by atoms with Crippen molar-refractivity contribution in [2.24, 2.45) is 29.6 Å². The van der Waals surface area contributed by atoms with Gasteiger partial charge in [-0.05, 0) is 48.9 Å². The molecule has 0 N–H and O–H groups in total. The molecule has 0 aromatic heterocycles. The Morgan fingerprint density at radius 3 is 1.69 bits per heavy atom. The fourth-order valence-electron chi connectivity index (χ4n) is 4.38. The molecule has 0 heterocycles. The topological polar surface area (TPSA) is 0 Å². The molecule has 4 atom stereocenters. The Hall–Kier alpha value is 0. The van der Waals surface area contributed by atoms with E-state index in [2.05, 4.69) is 20.8 Å². The highest BCUT2D eigenvalue weighted by molar-refractivity contribution is 4.94. The first kappa shape index (κ1) is 9.55. The van der Waals surface area contributed by atoms with Gasteiger partial charge in [-0.25, -0.2) is 0 Å². The molecule has 0 radical (unpaired) electrons. The molecule has 0 heteroatoms. The van der Waals surface area contributed by atoms with Crippen LogP contribution in [0.15, 0.2) is 0 Å². The summed E-state index contributed by atoms with van der Waals surface area (Å²) in [6.45, 7) is 7.27. The molecule has 2 fully saturated rings. The highest BCUT2D eigenvalue weighted by Crippen LogP contribution is 2.53. The maximum Gasteiger partial charge on any atom is -0.0357 e. The second-order valence-electron chi connectivity index (χ2n) is 5.48. The standard InChI is InChI=1S/C13H24/c1-4-12-10-6-9(3)7-11(8-10)13(12)5-2/h9-13H,4-8H2,1-3H3. The van der Waals surface area contributed by atoms with E-state index in [4.69, 9.17) is 0 Å². The Kier molecular flexibility index (Phi) is 2.67. The minimum absolute atomic E-state index is 1.02. The van der Waals surface area contributed by atoms with Crippen molar-refractivity contribution in [2.45, 2.75) is 52.9 Å². The van der Waals surface area contributed by atoms with Gasteiger partial charge >= 0.3 is 0 Å². The van der Waals surface area contributed by atoms with E-state index in [9.17, 15) is 0 Å². The monoisotopic (exact) mass is 180 g/mol. The summed E-state index contributed by atoms with van der Waals surface area (Å²) >= 11 is 0. The first-order valence-corrected chi connectivity index (χ1v) is 6.26. The van der Waals surface area contributed by atoms with Gasteiger partial charge in [-0.2, -0.15) is 0 Å². The van der Waals surface area contributed by atoms with Crippen LogP contribution >= 0.6 is 0 Å². The van der Waals surface area contributed by atoms with Gasteiger partial charge in [-0.1, -0.05) is 33.6 Å². The molecule has 0 aliphatic heterocycles. The molecule has 4 unspecified atom stereocenters. The van der Waals surface area contributed by atoms with Gasteiger partial charge in [-0.3, -0.25) is 0 Å². The van der Waals surface area contributed by atoms with Crippen molar-refractivity contribution in [3.63, 3.8) is 0 Å². The lowest BCUT2D eigenvalue weighted by Crippen LogP contribution is -2.15. The molecule has 13 heavy (non-hydrogen) atoms. The molecule has 0 nitrogen and oxygen atoms in total. The van der Waals surface area contributed by atoms with Gasteiger partial charge in [0, 0.05) is 0 Å². The van der Waals surface area contributed by atoms with Crippen molar-refractivity contribution in [1.29, 1.82) is 0 Å². The van der Waals surface area contributed by atoms with Crippen molar-refractivity contribution >= 4 is 0 Å². The summed E-state index contributed by atoms with van der Waals surface area (Å²) in [4.78, 5) is 0. The van der Waals surface area contributed by atoms with Crippen molar-refractivity contribution < 1.29 is 0 Å². The number of hydrogen-bond acceptors (Lipinski definition) is 0. The van der Waals surface area contributed by atoms with Crippen molar-refractivity contribution in [1.82, 2.24) is 0 Å². The molecule has 2 saturated carbocycles. The molecule has 2 bridgehead atoms. The average molecular weight is 180 g/mol. The first-order valence-electron chi connectivity index (χ1n) is 6.26. The largest absolute Gasteiger partial charge is 0.0651 e. The van der Waals surface area contributed by atoms with Gasteiger partial charge in [0.25, 0.3) is 0 Å². The second-order valence-corrected chi connectivity index (χ2v) is 5.48. The number of rotatable bonds is 2. The third-order valence-electron chi connectivity index (χ3n) is 4.72. The van der Waals surface area contributed by atoms with Crippen LogP contribution in [0.5, 0.6) is 0 Å². The number of hydrogen-bond donors (Lipinski definition) is 0. The van der Waals surface area contributed by atoms with Crippen LogP contribution in [0.1, 0.15) is 52.9 Å². The zero-order chi connectivity index (χ0) is 9.42. The molecule has 2 rings (SSSR count). The van der Waals surface area contributed by atoms with E-state index >= 15 is 0 Å². The molecule has 76 valence electrons. The quantitative estimate of drug-likeness (QED) is 0.600. The van der Waals surface area contributed by atoms with Crippen LogP contribution < -0.4 is 0 Å². The van der Waals surface area contributed by atoms with Gasteiger partial charge in [-0.15, -0.1) is 0 Å². The summed E-state index contributed by atoms with van der Waals surface area (Å²) in [6, 6.07) is 0. The lowest BCUT2D eigenvalue weighted by atomic mass is 9.80. The zero-order valence-corrected chi connectivity index (χ0v) is 9.42. The summed E-state index contributed by atoms with van der Waals surface area (Å²) in [5.41, 5.74) is 0. The third kappa shape index (κ3) is 1.53. The molecular formula is C13H24. The lowest BCUT2D eigenvalue weighted by Gasteiger charge is -2.25. The summed E-state index contributed by atoms with van der Waals surface area (Å²) in [5, 5.41) is 0. The van der Waals surface area contributed by atoms with Gasteiger partial charge in [0.15, 0.2) is 0 Å². The van der Waals surface area contributed by atoms with Crippen molar-refractivity contribution in [3.8, 4) is 0 Å². The Bertz CT molecular complexity index is 155. The van der Waals surface area contributed by atoms with Crippen LogP contribution in [0.3, 0.4) is 0 Å². The highest BCUT2D eigenvalue weighted by atomic mass is 14.5. The fraction of sp³-hybridized carbons (Fsp3) is 1.00. The highest BCUT2D eigenvalue weighted by Gasteiger charge is 2.44. The molecule has 0 aromatic carbocycles. The van der Waals surface area contributed by atoms with Crippen LogP contribution in [0, 0.1) is 29.6 Å². The van der Waals surface area contributed by atoms with Gasteiger partial charge in [0.05, 0.1) is 0 Å². The third-order valence-corrected chi connectivity index (χ3v) is 4.72. The predicted molar refractivity (Wildman–Crippen MR) is 57.6 cm³/mol. The molecule has 0 aromatic rings. The van der Waals surface area contributed by atoms with E-state index in [0.29, 0.717) is 0 Å². The van der Waals surface area contributed by atoms with Gasteiger partial charge in [0.2, 0.25) is 0 Å². The Labute approximate surface area is 83.1 Å². The number of fused-ring (bicyclic) bond motifs is 2. The average Bonchev–Trinajstić information content (AvgIpc) is 2.36. The Morgan fingerprint density at radius 1 is 0.846 bits per heavy atom. The van der Waals surface area contributed by atoms with Crippen LogP contribution in [-0.4, -0.2) is 0 Å². The maximum absolute atomic E-state index is 2.46. The minimum atomic E-state index is 1.02. The van der Waals surface area contributed by atoms with Crippen molar-refractivity contribution in [3.05, 3.63) is 0 Å².